The second kappa shape index (κ2) is 6.70. The minimum absolute atomic E-state index is 0.145. The average Bonchev–Trinajstić information content (AvgIpc) is 3.07. The zero-order chi connectivity index (χ0) is 16.2. The van der Waals surface area contributed by atoms with Gasteiger partial charge in [0.2, 0.25) is 0 Å². The third-order valence-electron chi connectivity index (χ3n) is 3.78. The molecular formula is C16H17FN4O2. The lowest BCUT2D eigenvalue weighted by Crippen LogP contribution is -2.38. The van der Waals surface area contributed by atoms with Gasteiger partial charge >= 0.3 is 0 Å². The fourth-order valence-electron chi connectivity index (χ4n) is 2.54. The summed E-state index contributed by atoms with van der Waals surface area (Å²) in [4.78, 5) is 24.1. The maximum absolute atomic E-state index is 13.0. The van der Waals surface area contributed by atoms with Crippen molar-refractivity contribution in [2.75, 3.05) is 13.1 Å². The standard InChI is InChI=1S/C16H17FN4O2/c17-11-3-5-13(6-4-11)21-15(22)8-7-14(20-21)16(23)19-10-12-2-1-9-18-12/h3-8,12,18H,1-2,9-10H2,(H,19,23). The minimum Gasteiger partial charge on any atom is -0.349 e. The maximum Gasteiger partial charge on any atom is 0.271 e. The van der Waals surface area contributed by atoms with Gasteiger partial charge in [-0.3, -0.25) is 9.59 Å². The smallest absolute Gasteiger partial charge is 0.271 e. The van der Waals surface area contributed by atoms with E-state index in [0.717, 1.165) is 24.1 Å². The first-order valence-corrected chi connectivity index (χ1v) is 7.51. The van der Waals surface area contributed by atoms with Crippen LogP contribution >= 0.6 is 0 Å². The maximum atomic E-state index is 13.0. The fraction of sp³-hybridized carbons (Fsp3) is 0.312. The van der Waals surface area contributed by atoms with Crippen molar-refractivity contribution in [1.29, 1.82) is 0 Å². The van der Waals surface area contributed by atoms with E-state index in [1.807, 2.05) is 0 Å². The van der Waals surface area contributed by atoms with Gasteiger partial charge in [0.25, 0.3) is 11.5 Å². The number of nitrogens with zero attached hydrogens (tertiary/aromatic N) is 2. The summed E-state index contributed by atoms with van der Waals surface area (Å²) in [5.74, 6) is -0.741. The van der Waals surface area contributed by atoms with Crippen LogP contribution in [-0.4, -0.2) is 34.8 Å². The van der Waals surface area contributed by atoms with E-state index >= 15 is 0 Å². The Labute approximate surface area is 132 Å². The minimum atomic E-state index is -0.403. The second-order valence-electron chi connectivity index (χ2n) is 5.45. The molecule has 1 unspecified atom stereocenters. The number of carbonyl (C=O) groups excluding carboxylic acids is 1. The van der Waals surface area contributed by atoms with Gasteiger partial charge in [-0.1, -0.05) is 0 Å². The van der Waals surface area contributed by atoms with Crippen molar-refractivity contribution < 1.29 is 9.18 Å². The number of aromatic nitrogens is 2. The topological polar surface area (TPSA) is 76.0 Å². The van der Waals surface area contributed by atoms with Crippen LogP contribution in [0.25, 0.3) is 5.69 Å². The third kappa shape index (κ3) is 3.62. The van der Waals surface area contributed by atoms with Crippen molar-refractivity contribution in [2.45, 2.75) is 18.9 Å². The first kappa shape index (κ1) is 15.4. The molecule has 6 nitrogen and oxygen atoms in total. The summed E-state index contributed by atoms with van der Waals surface area (Å²) in [7, 11) is 0. The first-order valence-electron chi connectivity index (χ1n) is 7.51. The predicted octanol–water partition coefficient (Wildman–Crippen LogP) is 0.853. The van der Waals surface area contributed by atoms with Crippen LogP contribution in [0.1, 0.15) is 23.3 Å². The normalized spacial score (nSPS) is 17.2. The fourth-order valence-corrected chi connectivity index (χ4v) is 2.54. The summed E-state index contributed by atoms with van der Waals surface area (Å²) < 4.78 is 14.1. The van der Waals surface area contributed by atoms with Crippen LogP contribution < -0.4 is 16.2 Å². The van der Waals surface area contributed by atoms with Crippen LogP contribution in [-0.2, 0) is 0 Å². The Morgan fingerprint density at radius 2 is 2.09 bits per heavy atom. The number of hydrogen-bond acceptors (Lipinski definition) is 4. The molecule has 7 heteroatoms. The van der Waals surface area contributed by atoms with E-state index in [-0.39, 0.29) is 23.2 Å². The van der Waals surface area contributed by atoms with Crippen molar-refractivity contribution >= 4 is 5.91 Å². The first-order chi connectivity index (χ1) is 11.1. The molecule has 0 aliphatic carbocycles. The molecule has 1 aliphatic heterocycles. The van der Waals surface area contributed by atoms with Crippen LogP contribution in [0.15, 0.2) is 41.2 Å². The highest BCUT2D eigenvalue weighted by molar-refractivity contribution is 5.92. The lowest BCUT2D eigenvalue weighted by Gasteiger charge is -2.11. The summed E-state index contributed by atoms with van der Waals surface area (Å²) in [6.45, 7) is 1.49. The van der Waals surface area contributed by atoms with Gasteiger partial charge in [-0.25, -0.2) is 4.39 Å². The van der Waals surface area contributed by atoms with Crippen LogP contribution in [0, 0.1) is 5.82 Å². The van der Waals surface area contributed by atoms with Gasteiger partial charge in [0, 0.05) is 18.7 Å². The zero-order valence-corrected chi connectivity index (χ0v) is 12.5. The van der Waals surface area contributed by atoms with Gasteiger partial charge in [-0.2, -0.15) is 9.78 Å². The van der Waals surface area contributed by atoms with Crippen molar-refractivity contribution in [1.82, 2.24) is 20.4 Å². The highest BCUT2D eigenvalue weighted by Crippen LogP contribution is 2.06. The molecule has 1 aromatic carbocycles. The molecule has 2 heterocycles. The van der Waals surface area contributed by atoms with E-state index in [1.165, 1.54) is 36.4 Å². The van der Waals surface area contributed by atoms with Crippen LogP contribution in [0.3, 0.4) is 0 Å². The van der Waals surface area contributed by atoms with E-state index < -0.39 is 5.82 Å². The number of hydrogen-bond donors (Lipinski definition) is 2. The Morgan fingerprint density at radius 3 is 2.78 bits per heavy atom. The number of benzene rings is 1. The molecule has 120 valence electrons. The van der Waals surface area contributed by atoms with E-state index in [2.05, 4.69) is 15.7 Å². The molecule has 2 N–H and O–H groups in total. The average molecular weight is 316 g/mol. The molecule has 2 aromatic rings. The molecule has 1 aromatic heterocycles. The molecule has 1 aliphatic rings. The van der Waals surface area contributed by atoms with Crippen LogP contribution in [0.4, 0.5) is 4.39 Å². The number of amides is 1. The lowest BCUT2D eigenvalue weighted by molar-refractivity contribution is 0.0943. The Hall–Kier alpha value is -2.54. The Kier molecular flexibility index (Phi) is 4.47. The van der Waals surface area contributed by atoms with Gasteiger partial charge in [0.05, 0.1) is 5.69 Å². The lowest BCUT2D eigenvalue weighted by atomic mass is 10.2. The molecule has 1 atom stereocenters. The monoisotopic (exact) mass is 316 g/mol. The molecule has 0 bridgehead atoms. The van der Waals surface area contributed by atoms with Crippen LogP contribution in [0.5, 0.6) is 0 Å². The molecular weight excluding hydrogens is 299 g/mol. The Balaban J connectivity index is 1.77. The Morgan fingerprint density at radius 1 is 1.30 bits per heavy atom. The highest BCUT2D eigenvalue weighted by Gasteiger charge is 2.16. The SMILES string of the molecule is O=C(NCC1CCCN1)c1ccc(=O)n(-c2ccc(F)cc2)n1. The molecule has 0 radical (unpaired) electrons. The van der Waals surface area contributed by atoms with Gasteiger partial charge in [0.15, 0.2) is 0 Å². The summed E-state index contributed by atoms with van der Waals surface area (Å²) >= 11 is 0. The quantitative estimate of drug-likeness (QED) is 0.877. The van der Waals surface area contributed by atoms with E-state index in [1.54, 1.807) is 0 Å². The molecule has 1 amide bonds. The number of halogens is 1. The number of rotatable bonds is 4. The molecule has 23 heavy (non-hydrogen) atoms. The predicted molar refractivity (Wildman–Crippen MR) is 83.1 cm³/mol. The van der Waals surface area contributed by atoms with Gasteiger partial charge in [-0.05, 0) is 49.7 Å². The van der Waals surface area contributed by atoms with Crippen molar-refractivity contribution in [2.24, 2.45) is 0 Å². The largest absolute Gasteiger partial charge is 0.349 e. The highest BCUT2D eigenvalue weighted by atomic mass is 19.1. The summed E-state index contributed by atoms with van der Waals surface area (Å²) in [5.41, 5.74) is 0.168. The summed E-state index contributed by atoms with van der Waals surface area (Å²) in [6, 6.07) is 8.30. The summed E-state index contributed by atoms with van der Waals surface area (Å²) in [6.07, 6.45) is 2.14. The van der Waals surface area contributed by atoms with Gasteiger partial charge in [0.1, 0.15) is 11.5 Å². The molecule has 1 fully saturated rings. The number of carbonyl (C=O) groups is 1. The van der Waals surface area contributed by atoms with Gasteiger partial charge < -0.3 is 10.6 Å². The van der Waals surface area contributed by atoms with Crippen molar-refractivity contribution in [3.63, 3.8) is 0 Å². The van der Waals surface area contributed by atoms with Gasteiger partial charge in [-0.15, -0.1) is 0 Å². The van der Waals surface area contributed by atoms with Crippen molar-refractivity contribution in [3.8, 4) is 5.69 Å². The third-order valence-corrected chi connectivity index (χ3v) is 3.78. The van der Waals surface area contributed by atoms with E-state index in [4.69, 9.17) is 0 Å². The summed E-state index contributed by atoms with van der Waals surface area (Å²) in [5, 5.41) is 10.2. The second-order valence-corrected chi connectivity index (χ2v) is 5.45. The molecule has 1 saturated heterocycles. The molecule has 0 spiro atoms. The Bertz CT molecular complexity index is 751. The zero-order valence-electron chi connectivity index (χ0n) is 12.5. The van der Waals surface area contributed by atoms with Crippen LogP contribution in [0.2, 0.25) is 0 Å². The molecule has 0 saturated carbocycles. The number of nitrogens with one attached hydrogen (secondary N) is 2. The van der Waals surface area contributed by atoms with E-state index in [0.29, 0.717) is 12.2 Å². The van der Waals surface area contributed by atoms with Crippen molar-refractivity contribution in [3.05, 3.63) is 58.3 Å². The molecule has 3 rings (SSSR count). The van der Waals surface area contributed by atoms with E-state index in [9.17, 15) is 14.0 Å².